The number of hydrogen-bond acceptors (Lipinski definition) is 4. The van der Waals surface area contributed by atoms with Crippen molar-refractivity contribution < 1.29 is 14.6 Å². The van der Waals surface area contributed by atoms with Gasteiger partial charge in [-0.1, -0.05) is 0 Å². The predicted molar refractivity (Wildman–Crippen MR) is 56.4 cm³/mol. The molecule has 16 heavy (non-hydrogen) atoms. The summed E-state index contributed by atoms with van der Waals surface area (Å²) in [4.78, 5) is 10.5. The Kier molecular flexibility index (Phi) is 3.40. The molecule has 6 heteroatoms. The Morgan fingerprint density at radius 3 is 3.06 bits per heavy atom. The molecule has 0 unspecified atom stereocenters. The second-order valence-electron chi connectivity index (χ2n) is 3.83. The quantitative estimate of drug-likeness (QED) is 0.760. The van der Waals surface area contributed by atoms with Gasteiger partial charge in [-0.2, -0.15) is 5.10 Å². The monoisotopic (exact) mass is 225 g/mol. The molecule has 2 heterocycles. The Hall–Kier alpha value is -1.56. The average Bonchev–Trinajstić information content (AvgIpc) is 2.66. The molecule has 6 nitrogen and oxygen atoms in total. The number of aliphatic carboxylic acids is 1. The standard InChI is InChI=1S/C10H15N3O3/c14-10(15)7-13-6-9(5-12-13)16-8-1-3-11-4-2-8/h5-6,8,11H,1-4,7H2,(H,14,15). The predicted octanol–water partition coefficient (Wildman–Crippen LogP) is 0.0985. The molecule has 0 saturated carbocycles. The fourth-order valence-electron chi connectivity index (χ4n) is 1.74. The van der Waals surface area contributed by atoms with Crippen molar-refractivity contribution in [1.29, 1.82) is 0 Å². The maximum atomic E-state index is 10.5. The van der Waals surface area contributed by atoms with E-state index < -0.39 is 5.97 Å². The lowest BCUT2D eigenvalue weighted by Gasteiger charge is -2.22. The van der Waals surface area contributed by atoms with E-state index in [-0.39, 0.29) is 12.6 Å². The van der Waals surface area contributed by atoms with Crippen LogP contribution in [-0.2, 0) is 11.3 Å². The Morgan fingerprint density at radius 2 is 2.38 bits per heavy atom. The topological polar surface area (TPSA) is 76.4 Å². The number of hydrogen-bond donors (Lipinski definition) is 2. The molecule has 88 valence electrons. The van der Waals surface area contributed by atoms with Gasteiger partial charge in [0.15, 0.2) is 5.75 Å². The zero-order chi connectivity index (χ0) is 11.4. The van der Waals surface area contributed by atoms with Crippen LogP contribution >= 0.6 is 0 Å². The average molecular weight is 225 g/mol. The van der Waals surface area contributed by atoms with Gasteiger partial charge in [-0.3, -0.25) is 9.48 Å². The summed E-state index contributed by atoms with van der Waals surface area (Å²) < 4.78 is 7.06. The molecular formula is C10H15N3O3. The Morgan fingerprint density at radius 1 is 1.62 bits per heavy atom. The number of carbonyl (C=O) groups is 1. The summed E-state index contributed by atoms with van der Waals surface area (Å²) in [5.41, 5.74) is 0. The highest BCUT2D eigenvalue weighted by Crippen LogP contribution is 2.15. The van der Waals surface area contributed by atoms with Crippen molar-refractivity contribution in [3.8, 4) is 5.75 Å². The molecule has 0 aliphatic carbocycles. The number of nitrogens with zero attached hydrogens (tertiary/aromatic N) is 2. The van der Waals surface area contributed by atoms with Gasteiger partial charge in [-0.15, -0.1) is 0 Å². The van der Waals surface area contributed by atoms with Gasteiger partial charge in [-0.05, 0) is 25.9 Å². The molecule has 1 aliphatic rings. The van der Waals surface area contributed by atoms with Crippen LogP contribution in [0.15, 0.2) is 12.4 Å². The molecule has 1 aromatic heterocycles. The first-order valence-corrected chi connectivity index (χ1v) is 5.35. The van der Waals surface area contributed by atoms with Crippen molar-refractivity contribution >= 4 is 5.97 Å². The maximum absolute atomic E-state index is 10.5. The van der Waals surface area contributed by atoms with Gasteiger partial charge in [0.2, 0.25) is 0 Å². The molecule has 0 amide bonds. The largest absolute Gasteiger partial charge is 0.487 e. The van der Waals surface area contributed by atoms with E-state index in [1.807, 2.05) is 0 Å². The normalized spacial score (nSPS) is 17.2. The van der Waals surface area contributed by atoms with E-state index >= 15 is 0 Å². The lowest BCUT2D eigenvalue weighted by molar-refractivity contribution is -0.137. The van der Waals surface area contributed by atoms with Crippen molar-refractivity contribution in [2.45, 2.75) is 25.5 Å². The van der Waals surface area contributed by atoms with E-state index in [4.69, 9.17) is 9.84 Å². The van der Waals surface area contributed by atoms with Gasteiger partial charge in [0.05, 0.1) is 12.4 Å². The number of nitrogens with one attached hydrogen (secondary N) is 1. The third kappa shape index (κ3) is 2.96. The summed E-state index contributed by atoms with van der Waals surface area (Å²) in [6, 6.07) is 0. The highest BCUT2D eigenvalue weighted by atomic mass is 16.5. The minimum absolute atomic E-state index is 0.129. The van der Waals surface area contributed by atoms with Gasteiger partial charge < -0.3 is 15.2 Å². The molecule has 1 fully saturated rings. The molecule has 1 saturated heterocycles. The minimum Gasteiger partial charge on any atom is -0.487 e. The number of rotatable bonds is 4. The second kappa shape index (κ2) is 4.98. The highest BCUT2D eigenvalue weighted by Gasteiger charge is 2.15. The summed E-state index contributed by atoms with van der Waals surface area (Å²) in [6.45, 7) is 1.80. The van der Waals surface area contributed by atoms with Crippen molar-refractivity contribution in [3.05, 3.63) is 12.4 Å². The first kappa shape index (κ1) is 10.9. The van der Waals surface area contributed by atoms with E-state index in [9.17, 15) is 4.79 Å². The SMILES string of the molecule is O=C(O)Cn1cc(OC2CCNCC2)cn1. The molecule has 2 N–H and O–H groups in total. The van der Waals surface area contributed by atoms with Crippen molar-refractivity contribution in [3.63, 3.8) is 0 Å². The van der Waals surface area contributed by atoms with Gasteiger partial charge in [-0.25, -0.2) is 0 Å². The first-order chi connectivity index (χ1) is 7.74. The molecule has 0 radical (unpaired) electrons. The summed E-state index contributed by atoms with van der Waals surface area (Å²) in [5, 5.41) is 15.8. The number of aromatic nitrogens is 2. The number of ether oxygens (including phenoxy) is 1. The van der Waals surface area contributed by atoms with Crippen LogP contribution in [0.25, 0.3) is 0 Å². The Bertz CT molecular complexity index is 358. The fourth-order valence-corrected chi connectivity index (χ4v) is 1.74. The Labute approximate surface area is 93.2 Å². The van der Waals surface area contributed by atoms with E-state index in [0.717, 1.165) is 25.9 Å². The molecule has 1 aliphatic heterocycles. The summed E-state index contributed by atoms with van der Waals surface area (Å²) in [6.07, 6.45) is 5.35. The number of piperidine rings is 1. The molecular weight excluding hydrogens is 210 g/mol. The second-order valence-corrected chi connectivity index (χ2v) is 3.83. The highest BCUT2D eigenvalue weighted by molar-refractivity contribution is 5.66. The van der Waals surface area contributed by atoms with Gasteiger partial charge in [0.25, 0.3) is 0 Å². The van der Waals surface area contributed by atoms with Crippen LogP contribution in [0, 0.1) is 0 Å². The fraction of sp³-hybridized carbons (Fsp3) is 0.600. The van der Waals surface area contributed by atoms with Crippen LogP contribution in [0.2, 0.25) is 0 Å². The third-order valence-electron chi connectivity index (χ3n) is 2.50. The van der Waals surface area contributed by atoms with Crippen molar-refractivity contribution in [2.75, 3.05) is 13.1 Å². The van der Waals surface area contributed by atoms with Crippen LogP contribution in [0.5, 0.6) is 5.75 Å². The summed E-state index contributed by atoms with van der Waals surface area (Å²) in [5.74, 6) is -0.260. The van der Waals surface area contributed by atoms with Crippen LogP contribution in [-0.4, -0.2) is 40.0 Å². The van der Waals surface area contributed by atoms with E-state index in [1.54, 1.807) is 12.4 Å². The van der Waals surface area contributed by atoms with Crippen molar-refractivity contribution in [2.24, 2.45) is 0 Å². The number of carboxylic acid groups (broad SMARTS) is 1. The molecule has 0 atom stereocenters. The zero-order valence-corrected chi connectivity index (χ0v) is 8.93. The Balaban J connectivity index is 1.88. The van der Waals surface area contributed by atoms with Gasteiger partial charge >= 0.3 is 5.97 Å². The van der Waals surface area contributed by atoms with Crippen LogP contribution in [0.4, 0.5) is 0 Å². The smallest absolute Gasteiger partial charge is 0.325 e. The molecule has 1 aromatic rings. The molecule has 2 rings (SSSR count). The molecule has 0 bridgehead atoms. The van der Waals surface area contributed by atoms with Crippen molar-refractivity contribution in [1.82, 2.24) is 15.1 Å². The third-order valence-corrected chi connectivity index (χ3v) is 2.50. The van der Waals surface area contributed by atoms with Crippen LogP contribution in [0.3, 0.4) is 0 Å². The molecule has 0 aromatic carbocycles. The van der Waals surface area contributed by atoms with Crippen LogP contribution < -0.4 is 10.1 Å². The lowest BCUT2D eigenvalue weighted by Crippen LogP contribution is -2.34. The van der Waals surface area contributed by atoms with Gasteiger partial charge in [0.1, 0.15) is 12.6 Å². The van der Waals surface area contributed by atoms with E-state index in [1.165, 1.54) is 4.68 Å². The maximum Gasteiger partial charge on any atom is 0.325 e. The number of carboxylic acids is 1. The first-order valence-electron chi connectivity index (χ1n) is 5.35. The van der Waals surface area contributed by atoms with Crippen LogP contribution in [0.1, 0.15) is 12.8 Å². The summed E-state index contributed by atoms with van der Waals surface area (Å²) >= 11 is 0. The zero-order valence-electron chi connectivity index (χ0n) is 8.93. The minimum atomic E-state index is -0.906. The molecule has 0 spiro atoms. The van der Waals surface area contributed by atoms with Gasteiger partial charge in [0, 0.05) is 0 Å². The summed E-state index contributed by atoms with van der Waals surface area (Å²) in [7, 11) is 0. The van der Waals surface area contributed by atoms with E-state index in [2.05, 4.69) is 10.4 Å². The van der Waals surface area contributed by atoms with E-state index in [0.29, 0.717) is 5.75 Å². The lowest BCUT2D eigenvalue weighted by atomic mass is 10.1.